The zero-order valence-corrected chi connectivity index (χ0v) is 12.9. The van der Waals surface area contributed by atoms with Crippen LogP contribution in [0.1, 0.15) is 43.2 Å². The van der Waals surface area contributed by atoms with Crippen LogP contribution in [0.3, 0.4) is 0 Å². The summed E-state index contributed by atoms with van der Waals surface area (Å²) in [7, 11) is 0. The van der Waals surface area contributed by atoms with Crippen molar-refractivity contribution >= 4 is 11.7 Å². The van der Waals surface area contributed by atoms with Crippen molar-refractivity contribution in [1.82, 2.24) is 9.88 Å². The van der Waals surface area contributed by atoms with Crippen molar-refractivity contribution in [3.05, 3.63) is 23.4 Å². The average molecular weight is 275 g/mol. The highest BCUT2D eigenvalue weighted by molar-refractivity contribution is 5.95. The molecule has 1 aromatic heterocycles. The molecule has 1 fully saturated rings. The van der Waals surface area contributed by atoms with E-state index in [4.69, 9.17) is 0 Å². The molecule has 0 aromatic carbocycles. The molecule has 2 heterocycles. The van der Waals surface area contributed by atoms with Crippen molar-refractivity contribution in [1.29, 1.82) is 0 Å². The van der Waals surface area contributed by atoms with Crippen molar-refractivity contribution in [2.75, 3.05) is 25.0 Å². The van der Waals surface area contributed by atoms with Gasteiger partial charge >= 0.3 is 0 Å². The van der Waals surface area contributed by atoms with E-state index < -0.39 is 0 Å². The lowest BCUT2D eigenvalue weighted by Crippen LogP contribution is -2.42. The minimum Gasteiger partial charge on any atom is -0.370 e. The van der Waals surface area contributed by atoms with Gasteiger partial charge in [0.05, 0.1) is 0 Å². The van der Waals surface area contributed by atoms with E-state index in [0.717, 1.165) is 43.1 Å². The first kappa shape index (κ1) is 14.8. The molecule has 0 radical (unpaired) electrons. The lowest BCUT2D eigenvalue weighted by atomic mass is 9.88. The van der Waals surface area contributed by atoms with Crippen LogP contribution in [-0.2, 0) is 0 Å². The Hall–Kier alpha value is -1.58. The largest absolute Gasteiger partial charge is 0.370 e. The molecule has 1 saturated heterocycles. The molecule has 2 unspecified atom stereocenters. The number of aryl methyl sites for hydroxylation is 1. The summed E-state index contributed by atoms with van der Waals surface area (Å²) in [5.41, 5.74) is 1.63. The Labute approximate surface area is 121 Å². The number of nitrogens with one attached hydrogen (secondary N) is 1. The molecule has 1 N–H and O–H groups in total. The minimum atomic E-state index is 0.133. The third-order valence-electron chi connectivity index (χ3n) is 4.18. The zero-order chi connectivity index (χ0) is 14.7. The van der Waals surface area contributed by atoms with Gasteiger partial charge in [-0.2, -0.15) is 0 Å². The number of nitrogens with zero attached hydrogens (tertiary/aromatic N) is 2. The van der Waals surface area contributed by atoms with Crippen LogP contribution in [0.4, 0.5) is 5.82 Å². The van der Waals surface area contributed by atoms with Crippen LogP contribution in [0.15, 0.2) is 12.1 Å². The van der Waals surface area contributed by atoms with E-state index in [1.807, 2.05) is 30.9 Å². The van der Waals surface area contributed by atoms with Gasteiger partial charge < -0.3 is 10.2 Å². The van der Waals surface area contributed by atoms with Crippen molar-refractivity contribution < 1.29 is 4.79 Å². The van der Waals surface area contributed by atoms with E-state index in [0.29, 0.717) is 11.8 Å². The average Bonchev–Trinajstić information content (AvgIpc) is 2.41. The zero-order valence-electron chi connectivity index (χ0n) is 12.9. The van der Waals surface area contributed by atoms with Gasteiger partial charge in [0.1, 0.15) is 5.82 Å². The van der Waals surface area contributed by atoms with Crippen LogP contribution < -0.4 is 5.32 Å². The standard InChI is InChI=1S/C16H25N3O/c1-5-17-15-9-14(8-13(4)18-15)16(20)19-7-6-11(2)12(3)10-19/h8-9,11-12H,5-7,10H2,1-4H3,(H,17,18). The van der Waals surface area contributed by atoms with Crippen LogP contribution in [0.5, 0.6) is 0 Å². The van der Waals surface area contributed by atoms with E-state index in [1.165, 1.54) is 0 Å². The Bertz CT molecular complexity index is 487. The van der Waals surface area contributed by atoms with Gasteiger partial charge in [0.25, 0.3) is 5.91 Å². The van der Waals surface area contributed by atoms with E-state index >= 15 is 0 Å². The monoisotopic (exact) mass is 275 g/mol. The van der Waals surface area contributed by atoms with Gasteiger partial charge in [-0.3, -0.25) is 4.79 Å². The molecule has 1 aliphatic heterocycles. The lowest BCUT2D eigenvalue weighted by Gasteiger charge is -2.35. The van der Waals surface area contributed by atoms with Gasteiger partial charge in [0.2, 0.25) is 0 Å². The fourth-order valence-electron chi connectivity index (χ4n) is 2.69. The SMILES string of the molecule is CCNc1cc(C(=O)N2CCC(C)C(C)C2)cc(C)n1. The van der Waals surface area contributed by atoms with Gasteiger partial charge in [-0.25, -0.2) is 4.98 Å². The number of anilines is 1. The third-order valence-corrected chi connectivity index (χ3v) is 4.18. The Kier molecular flexibility index (Phi) is 4.63. The molecule has 4 heteroatoms. The van der Waals surface area contributed by atoms with Crippen LogP contribution >= 0.6 is 0 Å². The first-order chi connectivity index (χ1) is 9.51. The summed E-state index contributed by atoms with van der Waals surface area (Å²) in [6, 6.07) is 3.74. The smallest absolute Gasteiger partial charge is 0.254 e. The van der Waals surface area contributed by atoms with Gasteiger partial charge in [-0.05, 0) is 44.2 Å². The Morgan fingerprint density at radius 1 is 1.40 bits per heavy atom. The molecule has 110 valence electrons. The fourth-order valence-corrected chi connectivity index (χ4v) is 2.69. The molecule has 2 atom stereocenters. The molecule has 2 rings (SSSR count). The summed E-state index contributed by atoms with van der Waals surface area (Å²) in [5, 5.41) is 3.18. The molecule has 1 aliphatic rings. The van der Waals surface area contributed by atoms with Crippen LogP contribution in [0.25, 0.3) is 0 Å². The number of carbonyl (C=O) groups excluding carboxylic acids is 1. The Morgan fingerprint density at radius 2 is 2.15 bits per heavy atom. The van der Waals surface area contributed by atoms with Crippen molar-refractivity contribution in [3.63, 3.8) is 0 Å². The number of hydrogen-bond acceptors (Lipinski definition) is 3. The van der Waals surface area contributed by atoms with Gasteiger partial charge in [-0.1, -0.05) is 13.8 Å². The maximum absolute atomic E-state index is 12.6. The first-order valence-corrected chi connectivity index (χ1v) is 7.53. The number of rotatable bonds is 3. The molecule has 0 spiro atoms. The second-order valence-corrected chi connectivity index (χ2v) is 5.91. The third kappa shape index (κ3) is 3.30. The van der Waals surface area contributed by atoms with Crippen LogP contribution in [0.2, 0.25) is 0 Å². The Morgan fingerprint density at radius 3 is 2.80 bits per heavy atom. The van der Waals surface area contributed by atoms with E-state index in [-0.39, 0.29) is 5.91 Å². The van der Waals surface area contributed by atoms with Gasteiger partial charge in [0, 0.05) is 30.9 Å². The molecule has 0 saturated carbocycles. The molecular weight excluding hydrogens is 250 g/mol. The normalized spacial score (nSPS) is 22.7. The number of hydrogen-bond donors (Lipinski definition) is 1. The number of amides is 1. The summed E-state index contributed by atoms with van der Waals surface area (Å²) >= 11 is 0. The van der Waals surface area contributed by atoms with Crippen molar-refractivity contribution in [3.8, 4) is 0 Å². The number of carbonyl (C=O) groups is 1. The number of likely N-dealkylation sites (tertiary alicyclic amines) is 1. The van der Waals surface area contributed by atoms with Crippen LogP contribution in [0, 0.1) is 18.8 Å². The predicted octanol–water partition coefficient (Wildman–Crippen LogP) is 2.94. The maximum atomic E-state index is 12.6. The number of pyridine rings is 1. The number of piperidine rings is 1. The molecule has 1 amide bonds. The highest BCUT2D eigenvalue weighted by Crippen LogP contribution is 2.24. The summed E-state index contributed by atoms with van der Waals surface area (Å²) in [6.45, 7) is 11.0. The Balaban J connectivity index is 2.16. The minimum absolute atomic E-state index is 0.133. The van der Waals surface area contributed by atoms with E-state index in [9.17, 15) is 4.79 Å². The molecule has 0 aliphatic carbocycles. The first-order valence-electron chi connectivity index (χ1n) is 7.53. The summed E-state index contributed by atoms with van der Waals surface area (Å²) in [6.07, 6.45) is 1.09. The molecule has 20 heavy (non-hydrogen) atoms. The number of aromatic nitrogens is 1. The second-order valence-electron chi connectivity index (χ2n) is 5.91. The summed E-state index contributed by atoms with van der Waals surface area (Å²) < 4.78 is 0. The van der Waals surface area contributed by atoms with E-state index in [1.54, 1.807) is 0 Å². The van der Waals surface area contributed by atoms with Crippen molar-refractivity contribution in [2.24, 2.45) is 11.8 Å². The van der Waals surface area contributed by atoms with Crippen LogP contribution in [-0.4, -0.2) is 35.4 Å². The van der Waals surface area contributed by atoms with Crippen molar-refractivity contribution in [2.45, 2.75) is 34.1 Å². The molecule has 0 bridgehead atoms. The molecule has 1 aromatic rings. The lowest BCUT2D eigenvalue weighted by molar-refractivity contribution is 0.0627. The summed E-state index contributed by atoms with van der Waals surface area (Å²) in [4.78, 5) is 19.0. The summed E-state index contributed by atoms with van der Waals surface area (Å²) in [5.74, 6) is 2.20. The van der Waals surface area contributed by atoms with E-state index in [2.05, 4.69) is 24.1 Å². The fraction of sp³-hybridized carbons (Fsp3) is 0.625. The van der Waals surface area contributed by atoms with Gasteiger partial charge in [-0.15, -0.1) is 0 Å². The molecule has 4 nitrogen and oxygen atoms in total. The predicted molar refractivity (Wildman–Crippen MR) is 82.0 cm³/mol. The second kappa shape index (κ2) is 6.25. The quantitative estimate of drug-likeness (QED) is 0.922. The highest BCUT2D eigenvalue weighted by Gasteiger charge is 2.26. The maximum Gasteiger partial charge on any atom is 0.254 e. The molecular formula is C16H25N3O. The highest BCUT2D eigenvalue weighted by atomic mass is 16.2. The van der Waals surface area contributed by atoms with Gasteiger partial charge in [0.15, 0.2) is 0 Å². The topological polar surface area (TPSA) is 45.2 Å².